The molecular weight excluding hydrogens is 451 g/mol. The number of esters is 1. The zero-order valence-corrected chi connectivity index (χ0v) is 20.0. The summed E-state index contributed by atoms with van der Waals surface area (Å²) in [6, 6.07) is 3.94. The lowest BCUT2D eigenvalue weighted by Crippen LogP contribution is -2.52. The minimum absolute atomic E-state index is 0.0447. The van der Waals surface area contributed by atoms with Crippen LogP contribution in [-0.2, 0) is 22.3 Å². The maximum absolute atomic E-state index is 13.4. The number of piperazine rings is 1. The van der Waals surface area contributed by atoms with Gasteiger partial charge in [0.2, 0.25) is 0 Å². The number of nitrogens with zero attached hydrogens (tertiary/aromatic N) is 3. The Hall–Kier alpha value is -2.33. The monoisotopic (exact) mass is 484 g/mol. The second-order valence-corrected chi connectivity index (χ2v) is 10.1. The summed E-state index contributed by atoms with van der Waals surface area (Å²) in [6.07, 6.45) is -4.33. The predicted molar refractivity (Wildman–Crippen MR) is 118 cm³/mol. The van der Waals surface area contributed by atoms with E-state index in [2.05, 4.69) is 4.90 Å². The quantitative estimate of drug-likeness (QED) is 0.599. The standard InChI is InChI=1S/C24H34F3N3O4/c1-23(2,3)34-21(31)16-28-8-6-17(7-9-28)20-14-19(24(25,26)27)5-4-18(20)15-29-10-12-30(13-11-29)22(32)33/h4-5,14,17H,6-13,15-16H2,1-3H3,(H,32,33)/p-1. The number of ether oxygens (including phenoxy) is 1. The lowest BCUT2D eigenvalue weighted by atomic mass is 9.85. The molecule has 34 heavy (non-hydrogen) atoms. The largest absolute Gasteiger partial charge is 0.530 e. The molecule has 3 rings (SSSR count). The van der Waals surface area contributed by atoms with Gasteiger partial charge in [-0.25, -0.2) is 0 Å². The molecule has 10 heteroatoms. The first-order valence-electron chi connectivity index (χ1n) is 11.6. The van der Waals surface area contributed by atoms with E-state index in [9.17, 15) is 27.9 Å². The third kappa shape index (κ3) is 7.33. The molecule has 0 radical (unpaired) electrons. The summed E-state index contributed by atoms with van der Waals surface area (Å²) in [7, 11) is 0. The minimum Gasteiger partial charge on any atom is -0.530 e. The van der Waals surface area contributed by atoms with Gasteiger partial charge in [-0.05, 0) is 75.9 Å². The molecule has 0 aromatic heterocycles. The van der Waals surface area contributed by atoms with E-state index in [1.807, 2.05) is 25.7 Å². The first-order valence-corrected chi connectivity index (χ1v) is 11.6. The fraction of sp³-hybridized carbons (Fsp3) is 0.667. The Morgan fingerprint density at radius 3 is 2.15 bits per heavy atom. The molecule has 190 valence electrons. The van der Waals surface area contributed by atoms with E-state index in [0.29, 0.717) is 64.2 Å². The van der Waals surface area contributed by atoms with Gasteiger partial charge in [-0.2, -0.15) is 13.2 Å². The lowest BCUT2D eigenvalue weighted by molar-refractivity contribution is -0.266. The number of likely N-dealkylation sites (tertiary alicyclic amines) is 1. The molecule has 1 amide bonds. The smallest absolute Gasteiger partial charge is 0.416 e. The number of benzene rings is 1. The Morgan fingerprint density at radius 2 is 1.62 bits per heavy atom. The van der Waals surface area contributed by atoms with Gasteiger partial charge in [0.05, 0.1) is 12.1 Å². The van der Waals surface area contributed by atoms with E-state index in [-0.39, 0.29) is 18.4 Å². The van der Waals surface area contributed by atoms with Crippen LogP contribution < -0.4 is 5.11 Å². The summed E-state index contributed by atoms with van der Waals surface area (Å²) < 4.78 is 45.7. The first kappa shape index (κ1) is 26.3. The van der Waals surface area contributed by atoms with Crippen LogP contribution in [-0.4, -0.2) is 78.2 Å². The SMILES string of the molecule is CC(C)(C)OC(=O)CN1CCC(c2cc(C(F)(F)F)ccc2CN2CCN(C(=O)[O-])CC2)CC1. The molecule has 0 bridgehead atoms. The molecule has 0 saturated carbocycles. The highest BCUT2D eigenvalue weighted by atomic mass is 19.4. The van der Waals surface area contributed by atoms with Gasteiger partial charge in [0, 0.05) is 32.7 Å². The van der Waals surface area contributed by atoms with Crippen LogP contribution in [0.1, 0.15) is 56.2 Å². The maximum Gasteiger partial charge on any atom is 0.416 e. The highest BCUT2D eigenvalue weighted by Crippen LogP contribution is 2.36. The lowest BCUT2D eigenvalue weighted by Gasteiger charge is -2.37. The number of rotatable bonds is 5. The Kier molecular flexibility index (Phi) is 8.13. The normalized spacial score (nSPS) is 19.3. The summed E-state index contributed by atoms with van der Waals surface area (Å²) >= 11 is 0. The number of carboxylic acid groups (broad SMARTS) is 1. The molecule has 0 N–H and O–H groups in total. The van der Waals surface area contributed by atoms with Gasteiger partial charge in [0.25, 0.3) is 0 Å². The molecule has 0 unspecified atom stereocenters. The van der Waals surface area contributed by atoms with Gasteiger partial charge in [0.1, 0.15) is 11.7 Å². The van der Waals surface area contributed by atoms with Crippen molar-refractivity contribution in [2.75, 3.05) is 45.8 Å². The van der Waals surface area contributed by atoms with Crippen molar-refractivity contribution in [3.05, 3.63) is 34.9 Å². The average molecular weight is 485 g/mol. The molecule has 2 aliphatic rings. The van der Waals surface area contributed by atoms with E-state index in [0.717, 1.165) is 11.6 Å². The van der Waals surface area contributed by atoms with Crippen LogP contribution in [0.25, 0.3) is 0 Å². The van der Waals surface area contributed by atoms with Gasteiger partial charge in [-0.3, -0.25) is 14.6 Å². The minimum atomic E-state index is -4.43. The van der Waals surface area contributed by atoms with Crippen LogP contribution in [0, 0.1) is 0 Å². The van der Waals surface area contributed by atoms with Crippen LogP contribution in [0.4, 0.5) is 18.0 Å². The maximum atomic E-state index is 13.4. The third-order valence-corrected chi connectivity index (χ3v) is 6.30. The van der Waals surface area contributed by atoms with Gasteiger partial charge >= 0.3 is 12.1 Å². The second kappa shape index (κ2) is 10.5. The fourth-order valence-corrected chi connectivity index (χ4v) is 4.58. The highest BCUT2D eigenvalue weighted by molar-refractivity contribution is 5.72. The van der Waals surface area contributed by atoms with Crippen molar-refractivity contribution in [1.82, 2.24) is 14.7 Å². The number of amides is 1. The van der Waals surface area contributed by atoms with Crippen molar-refractivity contribution in [2.45, 2.75) is 57.9 Å². The summed E-state index contributed by atoms with van der Waals surface area (Å²) in [5, 5.41) is 11.0. The molecule has 2 aliphatic heterocycles. The Balaban J connectivity index is 1.68. The summed E-state index contributed by atoms with van der Waals surface area (Å²) in [5.41, 5.74) is 0.299. The van der Waals surface area contributed by atoms with E-state index in [1.54, 1.807) is 6.07 Å². The van der Waals surface area contributed by atoms with Crippen LogP contribution in [0.3, 0.4) is 0 Å². The number of carbonyl (C=O) groups is 2. The number of alkyl halides is 3. The van der Waals surface area contributed by atoms with E-state index in [1.165, 1.54) is 11.0 Å². The molecule has 2 saturated heterocycles. The summed E-state index contributed by atoms with van der Waals surface area (Å²) in [5.74, 6) is -0.349. The van der Waals surface area contributed by atoms with Crippen molar-refractivity contribution in [3.8, 4) is 0 Å². The fourth-order valence-electron chi connectivity index (χ4n) is 4.58. The molecule has 7 nitrogen and oxygen atoms in total. The zero-order valence-electron chi connectivity index (χ0n) is 20.0. The van der Waals surface area contributed by atoms with Crippen molar-refractivity contribution in [1.29, 1.82) is 0 Å². The average Bonchev–Trinajstić information content (AvgIpc) is 2.73. The van der Waals surface area contributed by atoms with E-state index in [4.69, 9.17) is 4.74 Å². The number of hydrogen-bond acceptors (Lipinski definition) is 6. The first-order chi connectivity index (χ1) is 15.8. The summed E-state index contributed by atoms with van der Waals surface area (Å²) in [4.78, 5) is 28.4. The van der Waals surface area contributed by atoms with Crippen LogP contribution in [0.5, 0.6) is 0 Å². The third-order valence-electron chi connectivity index (χ3n) is 6.30. The van der Waals surface area contributed by atoms with Crippen LogP contribution in [0.15, 0.2) is 18.2 Å². The zero-order chi connectivity index (χ0) is 25.1. The van der Waals surface area contributed by atoms with Gasteiger partial charge in [-0.1, -0.05) is 6.07 Å². The predicted octanol–water partition coefficient (Wildman–Crippen LogP) is 2.69. The molecule has 2 fully saturated rings. The summed E-state index contributed by atoms with van der Waals surface area (Å²) in [6.45, 7) is 8.91. The molecule has 1 aromatic rings. The topological polar surface area (TPSA) is 76.2 Å². The van der Waals surface area contributed by atoms with Crippen molar-refractivity contribution < 1.29 is 32.6 Å². The molecular formula is C24H33F3N3O4-. The van der Waals surface area contributed by atoms with Crippen molar-refractivity contribution in [3.63, 3.8) is 0 Å². The molecule has 1 aromatic carbocycles. The van der Waals surface area contributed by atoms with Crippen LogP contribution in [0.2, 0.25) is 0 Å². The van der Waals surface area contributed by atoms with E-state index >= 15 is 0 Å². The van der Waals surface area contributed by atoms with E-state index < -0.39 is 23.4 Å². The molecule has 0 spiro atoms. The highest BCUT2D eigenvalue weighted by Gasteiger charge is 2.33. The van der Waals surface area contributed by atoms with Crippen LogP contribution >= 0.6 is 0 Å². The van der Waals surface area contributed by atoms with Gasteiger partial charge in [-0.15, -0.1) is 0 Å². The molecule has 0 aliphatic carbocycles. The second-order valence-electron chi connectivity index (χ2n) is 10.1. The number of piperidine rings is 1. The Labute approximate surface area is 198 Å². The Bertz CT molecular complexity index is 869. The number of halogens is 3. The molecule has 2 heterocycles. The molecule has 0 atom stereocenters. The van der Waals surface area contributed by atoms with Crippen molar-refractivity contribution in [2.24, 2.45) is 0 Å². The van der Waals surface area contributed by atoms with Gasteiger partial charge in [0.15, 0.2) is 0 Å². The van der Waals surface area contributed by atoms with Gasteiger partial charge < -0.3 is 19.5 Å². The number of hydrogen-bond donors (Lipinski definition) is 0. The Morgan fingerprint density at radius 1 is 1.00 bits per heavy atom. The number of carbonyl (C=O) groups excluding carboxylic acids is 2. The van der Waals surface area contributed by atoms with Crippen molar-refractivity contribution >= 4 is 12.1 Å².